The molecule has 3 aromatic rings. The van der Waals surface area contributed by atoms with Crippen LogP contribution in [0.5, 0.6) is 0 Å². The molecule has 5 rings (SSSR count). The van der Waals surface area contributed by atoms with E-state index in [2.05, 4.69) is 45.0 Å². The Labute approximate surface area is 265 Å². The van der Waals surface area contributed by atoms with Gasteiger partial charge < -0.3 is 23.7 Å². The highest BCUT2D eigenvalue weighted by molar-refractivity contribution is 6.99. The van der Waals surface area contributed by atoms with Crippen LogP contribution in [0.4, 0.5) is 14.5 Å². The fourth-order valence-corrected chi connectivity index (χ4v) is 11.1. The maximum atomic E-state index is 16.3. The molecule has 7 nitrogen and oxygen atoms in total. The van der Waals surface area contributed by atoms with Gasteiger partial charge in [0.15, 0.2) is 11.6 Å². The molecule has 2 atom stereocenters. The van der Waals surface area contributed by atoms with Gasteiger partial charge in [0.2, 0.25) is 0 Å². The van der Waals surface area contributed by atoms with E-state index >= 15 is 8.78 Å². The molecule has 3 aromatic carbocycles. The maximum Gasteiger partial charge on any atom is 0.295 e. The molecule has 0 spiro atoms. The Morgan fingerprint density at radius 1 is 0.889 bits per heavy atom. The van der Waals surface area contributed by atoms with Gasteiger partial charge in [0.1, 0.15) is 0 Å². The molecule has 2 fully saturated rings. The molecule has 2 saturated heterocycles. The second-order valence-corrected chi connectivity index (χ2v) is 17.2. The molecule has 45 heavy (non-hydrogen) atoms. The lowest BCUT2D eigenvalue weighted by molar-refractivity contribution is -0.130. The monoisotopic (exact) mass is 636 g/mol. The molecule has 2 heterocycles. The smallest absolute Gasteiger partial charge is 0.295 e. The van der Waals surface area contributed by atoms with Crippen molar-refractivity contribution in [2.24, 2.45) is 0 Å². The fraction of sp³-hybridized carbons (Fsp3) is 0.429. The zero-order chi connectivity index (χ0) is 32.4. The highest BCUT2D eigenvalue weighted by Gasteiger charge is 2.50. The molecule has 0 unspecified atom stereocenters. The lowest BCUT2D eigenvalue weighted by atomic mass is 10.0. The molecule has 0 aromatic heterocycles. The molecule has 0 aliphatic carbocycles. The molecule has 240 valence electrons. The normalized spacial score (nSPS) is 19.4. The van der Waals surface area contributed by atoms with Gasteiger partial charge in [-0.3, -0.25) is 9.59 Å². The van der Waals surface area contributed by atoms with Crippen LogP contribution in [-0.2, 0) is 25.3 Å². The molecular weight excluding hydrogens is 594 g/mol. The van der Waals surface area contributed by atoms with Crippen LogP contribution >= 0.6 is 0 Å². The minimum Gasteiger partial charge on any atom is -0.403 e. The predicted octanol–water partition coefficient (Wildman–Crippen LogP) is 4.70. The van der Waals surface area contributed by atoms with Crippen LogP contribution in [-0.4, -0.2) is 76.5 Å². The lowest BCUT2D eigenvalue weighted by Gasteiger charge is -2.43. The van der Waals surface area contributed by atoms with E-state index in [0.29, 0.717) is 18.7 Å². The summed E-state index contributed by atoms with van der Waals surface area (Å²) in [4.78, 5) is 29.7. The Morgan fingerprint density at radius 2 is 1.42 bits per heavy atom. The van der Waals surface area contributed by atoms with Crippen molar-refractivity contribution < 1.29 is 32.3 Å². The number of Topliss-reactive ketones (excluding diaryl/α,β-unsaturated/α-hetero) is 1. The zero-order valence-electron chi connectivity index (χ0n) is 26.6. The van der Waals surface area contributed by atoms with E-state index in [4.69, 9.17) is 13.9 Å². The number of carbonyl (C=O) groups is 2. The van der Waals surface area contributed by atoms with Gasteiger partial charge in [-0.1, -0.05) is 81.4 Å². The van der Waals surface area contributed by atoms with Crippen LogP contribution in [0, 0.1) is 11.6 Å². The molecule has 2 aliphatic rings. The molecule has 0 bridgehead atoms. The molecule has 1 amide bonds. The number of rotatable bonds is 8. The Hall–Kier alpha value is -3.44. The highest BCUT2D eigenvalue weighted by atomic mass is 28.4. The van der Waals surface area contributed by atoms with E-state index in [0.717, 1.165) is 10.4 Å². The first kappa shape index (κ1) is 32.9. The third kappa shape index (κ3) is 6.60. The molecular formula is C35H42F2N2O5Si. The molecule has 0 N–H and O–H groups in total. The SMILES string of the molecule is C[C@@H]1CN(c2c(CO[Si](c3ccccc3)(c3ccccc3)C(C)(C)C)cc(C(=O)C(=O)N3CCOCC3)c(F)c2F)C[C@H](C)O1. The van der Waals surface area contributed by atoms with Gasteiger partial charge in [-0.25, -0.2) is 8.78 Å². The van der Waals surface area contributed by atoms with Crippen LogP contribution in [0.3, 0.4) is 0 Å². The first-order valence-corrected chi connectivity index (χ1v) is 17.4. The Balaban J connectivity index is 1.64. The molecule has 0 saturated carbocycles. The van der Waals surface area contributed by atoms with Gasteiger partial charge in [-0.05, 0) is 35.3 Å². The number of ether oxygens (including phenoxy) is 2. The van der Waals surface area contributed by atoms with Crippen molar-refractivity contribution in [2.75, 3.05) is 44.3 Å². The van der Waals surface area contributed by atoms with Gasteiger partial charge >= 0.3 is 0 Å². The number of morpholine rings is 2. The largest absolute Gasteiger partial charge is 0.403 e. The summed E-state index contributed by atoms with van der Waals surface area (Å²) >= 11 is 0. The maximum absolute atomic E-state index is 16.3. The number of nitrogens with zero attached hydrogens (tertiary/aromatic N) is 2. The van der Waals surface area contributed by atoms with E-state index in [1.807, 2.05) is 50.2 Å². The average Bonchev–Trinajstić information content (AvgIpc) is 3.02. The fourth-order valence-electron chi connectivity index (χ4n) is 6.62. The minimum atomic E-state index is -3.09. The van der Waals surface area contributed by atoms with E-state index < -0.39 is 37.2 Å². The number of anilines is 1. The molecule has 2 aliphatic heterocycles. The summed E-state index contributed by atoms with van der Waals surface area (Å²) in [7, 11) is -3.09. The van der Waals surface area contributed by atoms with Crippen molar-refractivity contribution in [3.05, 3.63) is 89.5 Å². The van der Waals surface area contributed by atoms with E-state index in [1.165, 1.54) is 11.0 Å². The average molecular weight is 637 g/mol. The summed E-state index contributed by atoms with van der Waals surface area (Å²) in [6, 6.07) is 21.3. The number of halogens is 2. The van der Waals surface area contributed by atoms with Crippen LogP contribution in [0.15, 0.2) is 66.7 Å². The van der Waals surface area contributed by atoms with Crippen molar-refractivity contribution >= 4 is 36.1 Å². The van der Waals surface area contributed by atoms with Gasteiger partial charge in [0.25, 0.3) is 20.0 Å². The van der Waals surface area contributed by atoms with Gasteiger partial charge in [0, 0.05) is 31.7 Å². The second kappa shape index (κ2) is 13.5. The van der Waals surface area contributed by atoms with Crippen LogP contribution in [0.2, 0.25) is 5.04 Å². The quantitative estimate of drug-likeness (QED) is 0.203. The molecule has 0 radical (unpaired) electrons. The summed E-state index contributed by atoms with van der Waals surface area (Å²) in [5, 5.41) is 1.68. The predicted molar refractivity (Wildman–Crippen MR) is 173 cm³/mol. The Bertz CT molecular complexity index is 1460. The molecule has 10 heteroatoms. The van der Waals surface area contributed by atoms with Crippen molar-refractivity contribution in [3.8, 4) is 0 Å². The number of amides is 1. The van der Waals surface area contributed by atoms with E-state index in [9.17, 15) is 9.59 Å². The number of hydrogen-bond donors (Lipinski definition) is 0. The van der Waals surface area contributed by atoms with Crippen LogP contribution in [0.1, 0.15) is 50.5 Å². The summed E-state index contributed by atoms with van der Waals surface area (Å²) < 4.78 is 50.5. The number of ketones is 1. The number of benzene rings is 3. The third-order valence-corrected chi connectivity index (χ3v) is 13.6. The first-order chi connectivity index (χ1) is 21.4. The summed E-state index contributed by atoms with van der Waals surface area (Å²) in [6.45, 7) is 11.7. The van der Waals surface area contributed by atoms with Crippen molar-refractivity contribution in [3.63, 3.8) is 0 Å². The highest BCUT2D eigenvalue weighted by Crippen LogP contribution is 2.39. The van der Waals surface area contributed by atoms with Crippen LogP contribution in [0.25, 0.3) is 0 Å². The van der Waals surface area contributed by atoms with Crippen molar-refractivity contribution in [2.45, 2.75) is 58.5 Å². The van der Waals surface area contributed by atoms with Crippen LogP contribution < -0.4 is 15.3 Å². The zero-order valence-corrected chi connectivity index (χ0v) is 27.6. The van der Waals surface area contributed by atoms with Crippen molar-refractivity contribution in [1.29, 1.82) is 0 Å². The second-order valence-electron chi connectivity index (χ2n) is 12.9. The third-order valence-electron chi connectivity index (χ3n) is 8.59. The number of carbonyl (C=O) groups excluding carboxylic acids is 2. The minimum absolute atomic E-state index is 0.0304. The first-order valence-electron chi connectivity index (χ1n) is 15.5. The van der Waals surface area contributed by atoms with E-state index in [-0.39, 0.29) is 55.8 Å². The Morgan fingerprint density at radius 3 is 1.93 bits per heavy atom. The van der Waals surface area contributed by atoms with Gasteiger partial charge in [-0.15, -0.1) is 0 Å². The Kier molecular flexibility index (Phi) is 9.88. The van der Waals surface area contributed by atoms with Gasteiger partial charge in [0.05, 0.1) is 43.3 Å². The van der Waals surface area contributed by atoms with Crippen molar-refractivity contribution in [1.82, 2.24) is 4.90 Å². The topological polar surface area (TPSA) is 68.3 Å². The van der Waals surface area contributed by atoms with Gasteiger partial charge in [-0.2, -0.15) is 0 Å². The summed E-state index contributed by atoms with van der Waals surface area (Å²) in [5.41, 5.74) is -0.257. The summed E-state index contributed by atoms with van der Waals surface area (Å²) in [5.74, 6) is -4.47. The summed E-state index contributed by atoms with van der Waals surface area (Å²) in [6.07, 6.45) is -0.461. The number of hydrogen-bond acceptors (Lipinski definition) is 6. The standard InChI is InChI=1S/C35H42F2N2O5Si/c1-24-21-39(22-25(2)44-24)32-26(20-29(30(36)31(32)37)33(40)34(41)38-16-18-42-19-17-38)23-43-45(35(3,4)5,27-12-8-6-9-13-27)28-14-10-7-11-15-28/h6-15,20,24-25H,16-19,21-23H2,1-5H3/t24-,25+. The lowest BCUT2D eigenvalue weighted by Crippen LogP contribution is -2.66. The van der Waals surface area contributed by atoms with E-state index in [1.54, 1.807) is 4.90 Å².